The van der Waals surface area contributed by atoms with Gasteiger partial charge in [0, 0.05) is 37.0 Å². The van der Waals surface area contributed by atoms with Crippen LogP contribution in [0.15, 0.2) is 53.8 Å². The summed E-state index contributed by atoms with van der Waals surface area (Å²) in [5, 5.41) is 4.39. The van der Waals surface area contributed by atoms with E-state index in [1.165, 1.54) is 5.56 Å². The van der Waals surface area contributed by atoms with E-state index in [1.807, 2.05) is 51.1 Å². The number of nitrogens with zero attached hydrogens (tertiary/aromatic N) is 5. The highest BCUT2D eigenvalue weighted by molar-refractivity contribution is 5.80. The lowest BCUT2D eigenvalue weighted by molar-refractivity contribution is 0.122. The number of ether oxygens (including phenoxy) is 2. The predicted molar refractivity (Wildman–Crippen MR) is 137 cm³/mol. The summed E-state index contributed by atoms with van der Waals surface area (Å²) in [6, 6.07) is 14.3. The fourth-order valence-electron chi connectivity index (χ4n) is 3.45. The van der Waals surface area contributed by atoms with Crippen LogP contribution in [0.5, 0.6) is 6.01 Å². The number of benzene rings is 1. The maximum Gasteiger partial charge on any atom is 0.320 e. The molecule has 1 aliphatic heterocycles. The van der Waals surface area contributed by atoms with Gasteiger partial charge in [-0.25, -0.2) is 0 Å². The molecule has 0 radical (unpaired) electrons. The second kappa shape index (κ2) is 13.3. The van der Waals surface area contributed by atoms with E-state index in [0.717, 1.165) is 35.7 Å². The summed E-state index contributed by atoms with van der Waals surface area (Å²) in [7, 11) is 0. The van der Waals surface area contributed by atoms with E-state index < -0.39 is 0 Å². The first-order valence-corrected chi connectivity index (χ1v) is 11.8. The van der Waals surface area contributed by atoms with Crippen molar-refractivity contribution in [1.82, 2.24) is 15.0 Å². The zero-order valence-electron chi connectivity index (χ0n) is 20.5. The number of nitrogens with one attached hydrogen (secondary N) is 1. The Morgan fingerprint density at radius 1 is 1.09 bits per heavy atom. The molecule has 1 fully saturated rings. The largest absolute Gasteiger partial charge is 0.463 e. The summed E-state index contributed by atoms with van der Waals surface area (Å²) in [4.78, 5) is 15.8. The van der Waals surface area contributed by atoms with Crippen LogP contribution in [0.25, 0.3) is 0 Å². The van der Waals surface area contributed by atoms with Crippen molar-refractivity contribution < 1.29 is 9.47 Å². The average molecular weight is 463 g/mol. The number of hydrogen-bond donors (Lipinski definition) is 1. The molecule has 34 heavy (non-hydrogen) atoms. The van der Waals surface area contributed by atoms with Crippen molar-refractivity contribution in [3.63, 3.8) is 0 Å². The van der Waals surface area contributed by atoms with Gasteiger partial charge in [-0.2, -0.15) is 15.1 Å². The monoisotopic (exact) mass is 462 g/mol. The van der Waals surface area contributed by atoms with Crippen LogP contribution in [0.1, 0.15) is 36.2 Å². The molecule has 1 N–H and O–H groups in total. The summed E-state index contributed by atoms with van der Waals surface area (Å²) in [5.41, 5.74) is 7.17. The van der Waals surface area contributed by atoms with Gasteiger partial charge >= 0.3 is 6.01 Å². The second-order valence-corrected chi connectivity index (χ2v) is 7.61. The van der Waals surface area contributed by atoms with Crippen LogP contribution in [0.2, 0.25) is 0 Å². The standard InChI is InChI=1S/C24H28N6O2.C2H6/c1-18-6-5-7-20(16-18)17-26-29-22-19(2)23(30-11-14-31-15-12-30)28-24(27-22)32-13-9-21-8-3-4-10-25-21;1-2/h3-8,10,16-17H,9,11-15H2,1-2H3,(H,27,28,29);1-2H3/b26-17+;. The third kappa shape index (κ3) is 7.25. The van der Waals surface area contributed by atoms with E-state index in [9.17, 15) is 0 Å². The molecule has 0 amide bonds. The van der Waals surface area contributed by atoms with Crippen LogP contribution in [0, 0.1) is 13.8 Å². The maximum atomic E-state index is 5.91. The highest BCUT2D eigenvalue weighted by atomic mass is 16.5. The molecule has 180 valence electrons. The first kappa shape index (κ1) is 25.1. The molecule has 3 aromatic rings. The lowest BCUT2D eigenvalue weighted by Gasteiger charge is -2.29. The van der Waals surface area contributed by atoms with E-state index in [2.05, 4.69) is 44.5 Å². The summed E-state index contributed by atoms with van der Waals surface area (Å²) < 4.78 is 11.4. The third-order valence-corrected chi connectivity index (χ3v) is 5.15. The van der Waals surface area contributed by atoms with E-state index in [4.69, 9.17) is 14.5 Å². The lowest BCUT2D eigenvalue weighted by atomic mass is 10.2. The van der Waals surface area contributed by atoms with Crippen molar-refractivity contribution >= 4 is 17.9 Å². The van der Waals surface area contributed by atoms with Crippen molar-refractivity contribution in [3.8, 4) is 6.01 Å². The molecule has 0 unspecified atom stereocenters. The number of anilines is 2. The second-order valence-electron chi connectivity index (χ2n) is 7.61. The first-order chi connectivity index (χ1) is 16.7. The number of hydrazone groups is 1. The molecule has 1 saturated heterocycles. The number of pyridine rings is 1. The molecular formula is C26H34N6O2. The minimum absolute atomic E-state index is 0.321. The highest BCUT2D eigenvalue weighted by Crippen LogP contribution is 2.27. The summed E-state index contributed by atoms with van der Waals surface area (Å²) in [5.74, 6) is 1.46. The quantitative estimate of drug-likeness (QED) is 0.392. The zero-order valence-corrected chi connectivity index (χ0v) is 20.5. The Hall–Kier alpha value is -3.52. The zero-order chi connectivity index (χ0) is 24.2. The predicted octanol–water partition coefficient (Wildman–Crippen LogP) is 4.42. The third-order valence-electron chi connectivity index (χ3n) is 5.15. The van der Waals surface area contributed by atoms with Gasteiger partial charge in [0.1, 0.15) is 5.82 Å². The Labute approximate surface area is 202 Å². The van der Waals surface area contributed by atoms with Crippen molar-refractivity contribution in [1.29, 1.82) is 0 Å². The van der Waals surface area contributed by atoms with E-state index in [1.54, 1.807) is 12.4 Å². The smallest absolute Gasteiger partial charge is 0.320 e. The Balaban J connectivity index is 0.00000158. The Kier molecular flexibility index (Phi) is 9.79. The molecule has 2 aromatic heterocycles. The van der Waals surface area contributed by atoms with Crippen LogP contribution in [-0.2, 0) is 11.2 Å². The molecule has 8 nitrogen and oxygen atoms in total. The highest BCUT2D eigenvalue weighted by Gasteiger charge is 2.19. The van der Waals surface area contributed by atoms with Gasteiger partial charge in [0.05, 0.1) is 26.0 Å². The molecule has 0 aliphatic carbocycles. The summed E-state index contributed by atoms with van der Waals surface area (Å²) in [6.07, 6.45) is 4.24. The molecule has 0 bridgehead atoms. The van der Waals surface area contributed by atoms with Crippen LogP contribution >= 0.6 is 0 Å². The van der Waals surface area contributed by atoms with Gasteiger partial charge in [0.2, 0.25) is 0 Å². The van der Waals surface area contributed by atoms with Gasteiger partial charge < -0.3 is 14.4 Å². The first-order valence-electron chi connectivity index (χ1n) is 11.8. The van der Waals surface area contributed by atoms with E-state index in [0.29, 0.717) is 38.1 Å². The van der Waals surface area contributed by atoms with Crippen LogP contribution in [0.4, 0.5) is 11.6 Å². The SMILES string of the molecule is CC.Cc1cccc(/C=N/Nc2nc(OCCc3ccccn3)nc(N3CCOCC3)c2C)c1. The van der Waals surface area contributed by atoms with Crippen molar-refractivity contribution in [2.24, 2.45) is 5.10 Å². The molecule has 3 heterocycles. The number of hydrogen-bond acceptors (Lipinski definition) is 8. The fourth-order valence-corrected chi connectivity index (χ4v) is 3.45. The normalized spacial score (nSPS) is 13.4. The topological polar surface area (TPSA) is 84.8 Å². The molecule has 8 heteroatoms. The average Bonchev–Trinajstić information content (AvgIpc) is 2.88. The van der Waals surface area contributed by atoms with Gasteiger partial charge in [-0.1, -0.05) is 49.7 Å². The number of rotatable bonds is 8. The lowest BCUT2D eigenvalue weighted by Crippen LogP contribution is -2.37. The van der Waals surface area contributed by atoms with Crippen molar-refractivity contribution in [2.75, 3.05) is 43.2 Å². The van der Waals surface area contributed by atoms with Gasteiger partial charge in [0.15, 0.2) is 5.82 Å². The van der Waals surface area contributed by atoms with Crippen molar-refractivity contribution in [2.45, 2.75) is 34.1 Å². The van der Waals surface area contributed by atoms with Gasteiger partial charge in [-0.05, 0) is 31.5 Å². The Morgan fingerprint density at radius 3 is 2.65 bits per heavy atom. The Morgan fingerprint density at radius 2 is 1.91 bits per heavy atom. The molecular weight excluding hydrogens is 428 g/mol. The summed E-state index contributed by atoms with van der Waals surface area (Å²) >= 11 is 0. The van der Waals surface area contributed by atoms with E-state index in [-0.39, 0.29) is 0 Å². The minimum atomic E-state index is 0.321. The molecule has 0 spiro atoms. The van der Waals surface area contributed by atoms with Crippen LogP contribution < -0.4 is 15.1 Å². The van der Waals surface area contributed by atoms with Crippen molar-refractivity contribution in [3.05, 3.63) is 71.0 Å². The van der Waals surface area contributed by atoms with E-state index >= 15 is 0 Å². The molecule has 1 aliphatic rings. The maximum absolute atomic E-state index is 5.91. The number of aromatic nitrogens is 3. The fraction of sp³-hybridized carbons (Fsp3) is 0.385. The van der Waals surface area contributed by atoms with Crippen LogP contribution in [0.3, 0.4) is 0 Å². The number of morpholine rings is 1. The summed E-state index contributed by atoms with van der Waals surface area (Å²) in [6.45, 7) is 11.4. The molecule has 0 saturated carbocycles. The Bertz CT molecular complexity index is 1050. The minimum Gasteiger partial charge on any atom is -0.463 e. The van der Waals surface area contributed by atoms with Crippen LogP contribution in [-0.4, -0.2) is 54.1 Å². The molecule has 4 rings (SSSR count). The number of aryl methyl sites for hydroxylation is 1. The molecule has 0 atom stereocenters. The van der Waals surface area contributed by atoms with Gasteiger partial charge in [-0.3, -0.25) is 10.4 Å². The van der Waals surface area contributed by atoms with Gasteiger partial charge in [0.25, 0.3) is 0 Å². The van der Waals surface area contributed by atoms with Gasteiger partial charge in [-0.15, -0.1) is 0 Å². The molecule has 1 aromatic carbocycles.